The number of aromatic nitrogens is 5. The van der Waals surface area contributed by atoms with Gasteiger partial charge in [-0.05, 0) is 19.9 Å². The van der Waals surface area contributed by atoms with Gasteiger partial charge in [0, 0.05) is 6.54 Å². The molecule has 0 radical (unpaired) electrons. The molecule has 0 aliphatic carbocycles. The van der Waals surface area contributed by atoms with Crippen LogP contribution in [0.5, 0.6) is 0 Å². The van der Waals surface area contributed by atoms with Gasteiger partial charge in [-0.2, -0.15) is 5.10 Å². The predicted octanol–water partition coefficient (Wildman–Crippen LogP) is 0.485. The molecule has 0 spiro atoms. The van der Waals surface area contributed by atoms with Gasteiger partial charge in [-0.3, -0.25) is 4.68 Å². The summed E-state index contributed by atoms with van der Waals surface area (Å²) in [6.45, 7) is 5.47. The number of nitrogens with two attached hydrogens (primary N) is 1. The maximum absolute atomic E-state index is 5.46. The minimum atomic E-state index is 0.212. The molecule has 0 bridgehead atoms. The number of hydrogen-bond acceptors (Lipinski definition) is 4. The highest BCUT2D eigenvalue weighted by atomic mass is 32.1. The Morgan fingerprint density at radius 1 is 1.47 bits per heavy atom. The zero-order chi connectivity index (χ0) is 12.4. The normalized spacial score (nSPS) is 10.7. The van der Waals surface area contributed by atoms with Crippen LogP contribution in [0.3, 0.4) is 0 Å². The highest BCUT2D eigenvalue weighted by molar-refractivity contribution is 7.80. The Morgan fingerprint density at radius 3 is 2.82 bits per heavy atom. The molecule has 2 rings (SSSR count). The van der Waals surface area contributed by atoms with Crippen LogP contribution in [0.25, 0.3) is 0 Å². The van der Waals surface area contributed by atoms with E-state index < -0.39 is 0 Å². The number of nitrogens with zero attached hydrogens (tertiary/aromatic N) is 5. The lowest BCUT2D eigenvalue weighted by Crippen LogP contribution is -2.13. The molecule has 0 saturated heterocycles. The molecule has 2 aromatic heterocycles. The zero-order valence-corrected chi connectivity index (χ0v) is 10.6. The molecule has 2 N–H and O–H groups in total. The van der Waals surface area contributed by atoms with Gasteiger partial charge in [-0.15, -0.1) is 5.10 Å². The second-order valence-corrected chi connectivity index (χ2v) is 4.16. The van der Waals surface area contributed by atoms with E-state index in [-0.39, 0.29) is 4.99 Å². The van der Waals surface area contributed by atoms with Crippen LogP contribution in [0.15, 0.2) is 12.4 Å². The Kier molecular flexibility index (Phi) is 3.19. The van der Waals surface area contributed by atoms with Gasteiger partial charge in [0.25, 0.3) is 0 Å². The molecule has 0 amide bonds. The molecule has 0 aliphatic heterocycles. The molecule has 6 nitrogen and oxygen atoms in total. The van der Waals surface area contributed by atoms with E-state index in [1.54, 1.807) is 11.0 Å². The number of aryl methyl sites for hydroxylation is 2. The lowest BCUT2D eigenvalue weighted by molar-refractivity contribution is 0.574. The molecule has 0 aliphatic rings. The summed E-state index contributed by atoms with van der Waals surface area (Å²) < 4.78 is 3.65. The van der Waals surface area contributed by atoms with Crippen LogP contribution >= 0.6 is 12.2 Å². The van der Waals surface area contributed by atoms with Crippen molar-refractivity contribution in [2.75, 3.05) is 0 Å². The largest absolute Gasteiger partial charge is 0.387 e. The highest BCUT2D eigenvalue weighted by Gasteiger charge is 2.07. The Morgan fingerprint density at radius 2 is 2.24 bits per heavy atom. The van der Waals surface area contributed by atoms with E-state index in [4.69, 9.17) is 18.0 Å². The van der Waals surface area contributed by atoms with Gasteiger partial charge >= 0.3 is 0 Å². The van der Waals surface area contributed by atoms with E-state index >= 15 is 0 Å². The van der Waals surface area contributed by atoms with E-state index in [2.05, 4.69) is 22.1 Å². The third-order valence-corrected chi connectivity index (χ3v) is 2.55. The van der Waals surface area contributed by atoms with E-state index in [9.17, 15) is 0 Å². The molecular formula is C10H14N6S. The van der Waals surface area contributed by atoms with Crippen LogP contribution in [-0.4, -0.2) is 29.5 Å². The summed E-state index contributed by atoms with van der Waals surface area (Å²) in [5.41, 5.74) is 7.54. The predicted molar refractivity (Wildman–Crippen MR) is 67.6 cm³/mol. The molecule has 0 saturated carbocycles. The Hall–Kier alpha value is -1.76. The van der Waals surface area contributed by atoms with Crippen molar-refractivity contribution in [1.29, 1.82) is 0 Å². The Balaban J connectivity index is 2.21. The standard InChI is InChI=1S/C10H14N6S/c1-3-16-8(4-7(2)13-16)5-15-6-12-10(14-15)9(11)17/h4,6H,3,5H2,1-2H3,(H2,11,17). The lowest BCUT2D eigenvalue weighted by Gasteiger charge is -2.03. The second-order valence-electron chi connectivity index (χ2n) is 3.72. The number of thiocarbonyl (C=S) groups is 1. The molecule has 2 aromatic rings. The highest BCUT2D eigenvalue weighted by Crippen LogP contribution is 2.05. The van der Waals surface area contributed by atoms with Crippen LogP contribution in [0.4, 0.5) is 0 Å². The topological polar surface area (TPSA) is 74.5 Å². The monoisotopic (exact) mass is 250 g/mol. The Bertz CT molecular complexity index is 541. The molecule has 0 unspecified atom stereocenters. The molecule has 17 heavy (non-hydrogen) atoms. The summed E-state index contributed by atoms with van der Waals surface area (Å²) in [5, 5.41) is 8.56. The summed E-state index contributed by atoms with van der Waals surface area (Å²) in [6.07, 6.45) is 1.62. The van der Waals surface area contributed by atoms with E-state index in [0.29, 0.717) is 12.4 Å². The first-order valence-corrected chi connectivity index (χ1v) is 5.73. The Labute approximate surface area is 104 Å². The molecule has 0 aromatic carbocycles. The van der Waals surface area contributed by atoms with Crippen LogP contribution in [0.2, 0.25) is 0 Å². The van der Waals surface area contributed by atoms with E-state index in [1.807, 2.05) is 17.7 Å². The smallest absolute Gasteiger partial charge is 0.208 e. The molecule has 7 heteroatoms. The van der Waals surface area contributed by atoms with Crippen molar-refractivity contribution < 1.29 is 0 Å². The average Bonchev–Trinajstić information content (AvgIpc) is 2.86. The molecule has 90 valence electrons. The van der Waals surface area contributed by atoms with Gasteiger partial charge in [-0.1, -0.05) is 12.2 Å². The second kappa shape index (κ2) is 4.62. The SMILES string of the molecule is CCn1nc(C)cc1Cn1cnc(C(N)=S)n1. The average molecular weight is 250 g/mol. The minimum absolute atomic E-state index is 0.212. The molecule has 2 heterocycles. The van der Waals surface area contributed by atoms with Crippen molar-refractivity contribution in [1.82, 2.24) is 24.5 Å². The maximum atomic E-state index is 5.46. The van der Waals surface area contributed by atoms with Crippen LogP contribution in [0, 0.1) is 6.92 Å². The van der Waals surface area contributed by atoms with Crippen molar-refractivity contribution >= 4 is 17.2 Å². The fraction of sp³-hybridized carbons (Fsp3) is 0.400. The number of rotatable bonds is 4. The quantitative estimate of drug-likeness (QED) is 0.799. The van der Waals surface area contributed by atoms with E-state index in [0.717, 1.165) is 17.9 Å². The third-order valence-electron chi connectivity index (χ3n) is 2.37. The summed E-state index contributed by atoms with van der Waals surface area (Å²) >= 11 is 4.81. The number of hydrogen-bond donors (Lipinski definition) is 1. The van der Waals surface area contributed by atoms with Crippen molar-refractivity contribution in [3.05, 3.63) is 29.6 Å². The van der Waals surface area contributed by atoms with Crippen molar-refractivity contribution in [2.24, 2.45) is 5.73 Å². The summed E-state index contributed by atoms with van der Waals surface area (Å²) in [4.78, 5) is 4.24. The van der Waals surface area contributed by atoms with Crippen molar-refractivity contribution in [3.63, 3.8) is 0 Å². The molecular weight excluding hydrogens is 236 g/mol. The summed E-state index contributed by atoms with van der Waals surface area (Å²) in [7, 11) is 0. The van der Waals surface area contributed by atoms with Gasteiger partial charge in [0.05, 0.1) is 17.9 Å². The first-order valence-electron chi connectivity index (χ1n) is 5.32. The minimum Gasteiger partial charge on any atom is -0.387 e. The first-order chi connectivity index (χ1) is 8.10. The lowest BCUT2D eigenvalue weighted by atomic mass is 10.3. The van der Waals surface area contributed by atoms with Gasteiger partial charge in [0.2, 0.25) is 5.82 Å². The van der Waals surface area contributed by atoms with Crippen molar-refractivity contribution in [3.8, 4) is 0 Å². The van der Waals surface area contributed by atoms with Crippen molar-refractivity contribution in [2.45, 2.75) is 26.9 Å². The van der Waals surface area contributed by atoms with Gasteiger partial charge in [0.15, 0.2) is 0 Å². The van der Waals surface area contributed by atoms with Gasteiger partial charge < -0.3 is 5.73 Å². The van der Waals surface area contributed by atoms with Gasteiger partial charge in [0.1, 0.15) is 11.3 Å². The summed E-state index contributed by atoms with van der Waals surface area (Å²) in [5.74, 6) is 0.402. The maximum Gasteiger partial charge on any atom is 0.208 e. The third kappa shape index (κ3) is 2.50. The molecule has 0 atom stereocenters. The fourth-order valence-corrected chi connectivity index (χ4v) is 1.74. The first kappa shape index (κ1) is 11.7. The van der Waals surface area contributed by atoms with Gasteiger partial charge in [-0.25, -0.2) is 9.67 Å². The van der Waals surface area contributed by atoms with Crippen LogP contribution in [0.1, 0.15) is 24.1 Å². The fourth-order valence-electron chi connectivity index (χ4n) is 1.65. The zero-order valence-electron chi connectivity index (χ0n) is 9.79. The molecule has 0 fully saturated rings. The van der Waals surface area contributed by atoms with E-state index in [1.165, 1.54) is 0 Å². The van der Waals surface area contributed by atoms with Crippen LogP contribution < -0.4 is 5.73 Å². The summed E-state index contributed by atoms with van der Waals surface area (Å²) in [6, 6.07) is 2.03. The van der Waals surface area contributed by atoms with Crippen LogP contribution in [-0.2, 0) is 13.1 Å².